The molecule has 7 atom stereocenters. The second kappa shape index (κ2) is 4.48. The number of fused-ring (bicyclic) bond motifs is 5. The van der Waals surface area contributed by atoms with Crippen LogP contribution >= 0.6 is 0 Å². The van der Waals surface area contributed by atoms with Crippen LogP contribution < -0.4 is 0 Å². The SMILES string of the molecule is C[C@]12CCCC[C@@H]1CC[C@@H]1[C@H]2CC[C@@]2(C)[C@@H]1CC[C@@H]2O. The molecule has 0 amide bonds. The fraction of sp³-hybridized carbons (Fsp3) is 1.00. The highest BCUT2D eigenvalue weighted by Crippen LogP contribution is 2.66. The van der Waals surface area contributed by atoms with E-state index in [-0.39, 0.29) is 11.5 Å². The van der Waals surface area contributed by atoms with Crippen LogP contribution in [0.15, 0.2) is 0 Å². The lowest BCUT2D eigenvalue weighted by Crippen LogP contribution is -2.53. The summed E-state index contributed by atoms with van der Waals surface area (Å²) in [7, 11) is 0. The molecule has 4 aliphatic rings. The van der Waals surface area contributed by atoms with Crippen molar-refractivity contribution in [3.05, 3.63) is 0 Å². The third-order valence-corrected chi connectivity index (χ3v) is 8.53. The minimum Gasteiger partial charge on any atom is -0.393 e. The zero-order valence-electron chi connectivity index (χ0n) is 13.4. The Morgan fingerprint density at radius 1 is 0.750 bits per heavy atom. The predicted molar refractivity (Wildman–Crippen MR) is 82.4 cm³/mol. The molecule has 0 heterocycles. The molecule has 0 spiro atoms. The molecular weight excluding hydrogens is 244 g/mol. The smallest absolute Gasteiger partial charge is 0.0596 e. The van der Waals surface area contributed by atoms with Gasteiger partial charge in [-0.2, -0.15) is 0 Å². The quantitative estimate of drug-likeness (QED) is 0.675. The molecule has 0 aromatic carbocycles. The monoisotopic (exact) mass is 276 g/mol. The highest BCUT2D eigenvalue weighted by molar-refractivity contribution is 5.08. The highest BCUT2D eigenvalue weighted by atomic mass is 16.3. The molecule has 1 N–H and O–H groups in total. The van der Waals surface area contributed by atoms with Crippen LogP contribution in [-0.2, 0) is 0 Å². The lowest BCUT2D eigenvalue weighted by atomic mass is 9.45. The van der Waals surface area contributed by atoms with Crippen molar-refractivity contribution in [1.82, 2.24) is 0 Å². The minimum atomic E-state index is -0.00895. The summed E-state index contributed by atoms with van der Waals surface area (Å²) in [5.41, 5.74) is 0.912. The van der Waals surface area contributed by atoms with E-state index in [0.29, 0.717) is 5.41 Å². The molecule has 0 radical (unpaired) electrons. The van der Waals surface area contributed by atoms with E-state index in [9.17, 15) is 5.11 Å². The van der Waals surface area contributed by atoms with Gasteiger partial charge in [0, 0.05) is 0 Å². The molecule has 0 aromatic heterocycles. The molecule has 114 valence electrons. The Morgan fingerprint density at radius 3 is 2.40 bits per heavy atom. The van der Waals surface area contributed by atoms with Gasteiger partial charge in [0.1, 0.15) is 0 Å². The third kappa shape index (κ3) is 1.65. The van der Waals surface area contributed by atoms with E-state index in [0.717, 1.165) is 30.1 Å². The van der Waals surface area contributed by atoms with Gasteiger partial charge in [-0.25, -0.2) is 0 Å². The fourth-order valence-electron chi connectivity index (χ4n) is 7.27. The standard InChI is InChI=1S/C19H32O/c1-18-11-4-3-5-13(18)6-7-14-15-8-9-17(20)19(15,2)12-10-16(14)18/h13-17,20H,3-12H2,1-2H3/t13-,14+,15-,16-,17+,18+,19+/m1/s1. The van der Waals surface area contributed by atoms with Crippen LogP contribution in [0, 0.1) is 34.5 Å². The number of aliphatic hydroxyl groups is 1. The van der Waals surface area contributed by atoms with Crippen molar-refractivity contribution >= 4 is 0 Å². The Labute approximate surface area is 124 Å². The summed E-state index contributed by atoms with van der Waals surface area (Å²) in [5.74, 6) is 3.76. The Hall–Kier alpha value is -0.0400. The molecule has 4 fully saturated rings. The van der Waals surface area contributed by atoms with Crippen molar-refractivity contribution in [3.8, 4) is 0 Å². The summed E-state index contributed by atoms with van der Waals surface area (Å²) in [6.07, 6.45) is 14.0. The van der Waals surface area contributed by atoms with E-state index in [1.165, 1.54) is 57.8 Å². The van der Waals surface area contributed by atoms with Crippen LogP contribution in [0.3, 0.4) is 0 Å². The molecule has 1 nitrogen and oxygen atoms in total. The first-order valence-electron chi connectivity index (χ1n) is 9.24. The Balaban J connectivity index is 1.64. The van der Waals surface area contributed by atoms with E-state index in [4.69, 9.17) is 0 Å². The van der Waals surface area contributed by atoms with Crippen molar-refractivity contribution in [2.24, 2.45) is 34.5 Å². The lowest BCUT2D eigenvalue weighted by molar-refractivity contribution is -0.120. The average Bonchev–Trinajstić information content (AvgIpc) is 2.74. The van der Waals surface area contributed by atoms with Gasteiger partial charge in [0.25, 0.3) is 0 Å². The molecule has 0 unspecified atom stereocenters. The third-order valence-electron chi connectivity index (χ3n) is 8.53. The fourth-order valence-corrected chi connectivity index (χ4v) is 7.27. The van der Waals surface area contributed by atoms with Gasteiger partial charge in [0.15, 0.2) is 0 Å². The maximum absolute atomic E-state index is 10.5. The maximum Gasteiger partial charge on any atom is 0.0596 e. The molecule has 0 saturated heterocycles. The molecule has 4 rings (SSSR count). The first kappa shape index (κ1) is 13.6. The zero-order chi connectivity index (χ0) is 14.0. The van der Waals surface area contributed by atoms with E-state index in [1.54, 1.807) is 0 Å². The van der Waals surface area contributed by atoms with E-state index < -0.39 is 0 Å². The summed E-state index contributed by atoms with van der Waals surface area (Å²) >= 11 is 0. The summed E-state index contributed by atoms with van der Waals surface area (Å²) < 4.78 is 0. The van der Waals surface area contributed by atoms with Crippen LogP contribution in [0.4, 0.5) is 0 Å². The van der Waals surface area contributed by atoms with Gasteiger partial charge in [0.2, 0.25) is 0 Å². The van der Waals surface area contributed by atoms with E-state index in [1.807, 2.05) is 0 Å². The van der Waals surface area contributed by atoms with Gasteiger partial charge in [-0.15, -0.1) is 0 Å². The van der Waals surface area contributed by atoms with E-state index >= 15 is 0 Å². The van der Waals surface area contributed by atoms with Crippen molar-refractivity contribution in [3.63, 3.8) is 0 Å². The number of hydrogen-bond acceptors (Lipinski definition) is 1. The van der Waals surface area contributed by atoms with Gasteiger partial charge in [0.05, 0.1) is 6.10 Å². The van der Waals surface area contributed by atoms with Crippen LogP contribution in [0.25, 0.3) is 0 Å². The van der Waals surface area contributed by atoms with Crippen molar-refractivity contribution in [2.75, 3.05) is 0 Å². The largest absolute Gasteiger partial charge is 0.393 e. The van der Waals surface area contributed by atoms with E-state index in [2.05, 4.69) is 13.8 Å². The number of hydrogen-bond donors (Lipinski definition) is 1. The first-order chi connectivity index (χ1) is 9.56. The average molecular weight is 276 g/mol. The molecule has 4 aliphatic carbocycles. The second-order valence-electron chi connectivity index (χ2n) is 9.04. The van der Waals surface area contributed by atoms with Gasteiger partial charge >= 0.3 is 0 Å². The molecule has 4 saturated carbocycles. The zero-order valence-corrected chi connectivity index (χ0v) is 13.4. The molecule has 1 heteroatoms. The van der Waals surface area contributed by atoms with Crippen LogP contribution in [0.2, 0.25) is 0 Å². The van der Waals surface area contributed by atoms with Crippen molar-refractivity contribution in [2.45, 2.75) is 84.2 Å². The van der Waals surface area contributed by atoms with Crippen LogP contribution in [-0.4, -0.2) is 11.2 Å². The summed E-state index contributed by atoms with van der Waals surface area (Å²) in [6, 6.07) is 0. The van der Waals surface area contributed by atoms with Gasteiger partial charge < -0.3 is 5.11 Å². The molecule has 0 bridgehead atoms. The minimum absolute atomic E-state index is 0.00895. The van der Waals surface area contributed by atoms with Gasteiger partial charge in [-0.3, -0.25) is 0 Å². The summed E-state index contributed by atoms with van der Waals surface area (Å²) in [4.78, 5) is 0. The van der Waals surface area contributed by atoms with Crippen molar-refractivity contribution in [1.29, 1.82) is 0 Å². The van der Waals surface area contributed by atoms with Crippen LogP contribution in [0.5, 0.6) is 0 Å². The molecule has 20 heavy (non-hydrogen) atoms. The first-order valence-corrected chi connectivity index (χ1v) is 9.24. The normalized spacial score (nSPS) is 58.6. The predicted octanol–water partition coefficient (Wildman–Crippen LogP) is 4.78. The maximum atomic E-state index is 10.5. The van der Waals surface area contributed by atoms with Crippen molar-refractivity contribution < 1.29 is 5.11 Å². The molecule has 0 aliphatic heterocycles. The lowest BCUT2D eigenvalue weighted by Gasteiger charge is -2.60. The van der Waals surface area contributed by atoms with Gasteiger partial charge in [-0.05, 0) is 85.9 Å². The highest BCUT2D eigenvalue weighted by Gasteiger charge is 2.59. The Bertz CT molecular complexity index is 391. The summed E-state index contributed by atoms with van der Waals surface area (Å²) in [6.45, 7) is 5.04. The second-order valence-corrected chi connectivity index (χ2v) is 9.04. The van der Waals surface area contributed by atoms with Crippen LogP contribution in [0.1, 0.15) is 78.1 Å². The molecule has 0 aromatic rings. The number of aliphatic hydroxyl groups excluding tert-OH is 1. The topological polar surface area (TPSA) is 20.2 Å². The summed E-state index contributed by atoms with van der Waals surface area (Å²) in [5, 5.41) is 10.5. The Morgan fingerprint density at radius 2 is 1.55 bits per heavy atom. The molecular formula is C19H32O. The Kier molecular flexibility index (Phi) is 3.05. The number of rotatable bonds is 0. The van der Waals surface area contributed by atoms with Gasteiger partial charge in [-0.1, -0.05) is 26.7 Å².